The first-order valence-electron chi connectivity index (χ1n) is 25.8. The van der Waals surface area contributed by atoms with E-state index < -0.39 is 12.1 Å². The Morgan fingerprint density at radius 1 is 0.475 bits per heavy atom. The minimum atomic E-state index is -0.862. The molecule has 0 aromatic heterocycles. The molecule has 0 saturated heterocycles. The number of allylic oxidation sites excluding steroid dienone is 5. The first-order chi connectivity index (χ1) is 29.0. The van der Waals surface area contributed by atoms with E-state index in [0.29, 0.717) is 19.4 Å². The number of esters is 1. The second-order valence-corrected chi connectivity index (χ2v) is 17.5. The lowest BCUT2D eigenvalue weighted by atomic mass is 10.0. The Kier molecular flexibility index (Phi) is 47.2. The zero-order chi connectivity index (χ0) is 43.0. The van der Waals surface area contributed by atoms with Crippen LogP contribution in [0.3, 0.4) is 0 Å². The average molecular weight is 830 g/mol. The van der Waals surface area contributed by atoms with E-state index in [4.69, 9.17) is 4.74 Å². The summed E-state index contributed by atoms with van der Waals surface area (Å²) in [5.41, 5.74) is 0. The first-order valence-corrected chi connectivity index (χ1v) is 25.8. The van der Waals surface area contributed by atoms with Gasteiger partial charge in [0.15, 0.2) is 0 Å². The number of nitrogens with one attached hydrogen (secondary N) is 1. The van der Waals surface area contributed by atoms with Crippen molar-refractivity contribution in [2.24, 2.45) is 0 Å². The van der Waals surface area contributed by atoms with E-state index in [2.05, 4.69) is 43.5 Å². The standard InChI is InChI=1S/C53H99NO5/c1-3-5-7-9-11-13-15-17-19-20-21-22-23-25-27-31-35-39-43-47-53(58)59-48-44-40-36-32-28-30-34-38-42-46-52(57)54-50(49-55)51(56)45-41-37-33-29-26-24-18-16-14-12-10-8-6-4-2/h11,13,17,19,41,45,50-51,55-56H,3-10,12,14-16,18,20-40,42-44,46-49H2,1-2H3,(H,54,57)/b13-11-,19-17-,45-41+. The highest BCUT2D eigenvalue weighted by atomic mass is 16.5. The molecule has 59 heavy (non-hydrogen) atoms. The Morgan fingerprint density at radius 2 is 0.847 bits per heavy atom. The Morgan fingerprint density at radius 3 is 1.32 bits per heavy atom. The molecule has 0 spiro atoms. The van der Waals surface area contributed by atoms with E-state index in [9.17, 15) is 19.8 Å². The third-order valence-corrected chi connectivity index (χ3v) is 11.7. The smallest absolute Gasteiger partial charge is 0.305 e. The number of hydrogen-bond acceptors (Lipinski definition) is 5. The van der Waals surface area contributed by atoms with E-state index in [1.54, 1.807) is 6.08 Å². The van der Waals surface area contributed by atoms with Gasteiger partial charge in [-0.3, -0.25) is 9.59 Å². The second-order valence-electron chi connectivity index (χ2n) is 17.5. The van der Waals surface area contributed by atoms with Gasteiger partial charge in [-0.05, 0) is 64.2 Å². The van der Waals surface area contributed by atoms with Crippen LogP contribution in [0.15, 0.2) is 36.5 Å². The van der Waals surface area contributed by atoms with Gasteiger partial charge in [0, 0.05) is 12.8 Å². The molecule has 6 nitrogen and oxygen atoms in total. The van der Waals surface area contributed by atoms with E-state index in [0.717, 1.165) is 64.2 Å². The molecular formula is C53H99NO5. The maximum absolute atomic E-state index is 12.4. The van der Waals surface area contributed by atoms with Crippen molar-refractivity contribution >= 4 is 11.9 Å². The minimum Gasteiger partial charge on any atom is -0.466 e. The summed E-state index contributed by atoms with van der Waals surface area (Å²) in [5.74, 6) is -0.128. The van der Waals surface area contributed by atoms with Crippen LogP contribution in [0.4, 0.5) is 0 Å². The first kappa shape index (κ1) is 57.1. The van der Waals surface area contributed by atoms with E-state index in [1.165, 1.54) is 173 Å². The Labute approximate surface area is 366 Å². The van der Waals surface area contributed by atoms with E-state index in [1.807, 2.05) is 6.08 Å². The largest absolute Gasteiger partial charge is 0.466 e. The number of aliphatic hydroxyl groups is 2. The van der Waals surface area contributed by atoms with Crippen LogP contribution >= 0.6 is 0 Å². The molecule has 0 aromatic carbocycles. The molecule has 2 atom stereocenters. The predicted octanol–water partition coefficient (Wildman–Crippen LogP) is 15.3. The molecular weight excluding hydrogens is 731 g/mol. The molecule has 0 heterocycles. The third-order valence-electron chi connectivity index (χ3n) is 11.7. The van der Waals surface area contributed by atoms with Gasteiger partial charge >= 0.3 is 5.97 Å². The van der Waals surface area contributed by atoms with E-state index in [-0.39, 0.29) is 18.5 Å². The van der Waals surface area contributed by atoms with Crippen molar-refractivity contribution in [1.29, 1.82) is 0 Å². The van der Waals surface area contributed by atoms with Crippen LogP contribution in [0.2, 0.25) is 0 Å². The minimum absolute atomic E-state index is 0.0316. The van der Waals surface area contributed by atoms with Gasteiger partial charge in [-0.25, -0.2) is 0 Å². The van der Waals surface area contributed by atoms with Gasteiger partial charge in [0.1, 0.15) is 0 Å². The van der Waals surface area contributed by atoms with Crippen LogP contribution in [-0.4, -0.2) is 47.4 Å². The number of rotatable bonds is 47. The monoisotopic (exact) mass is 830 g/mol. The zero-order valence-corrected chi connectivity index (χ0v) is 39.2. The number of carbonyl (C=O) groups excluding carboxylic acids is 2. The fraction of sp³-hybridized carbons (Fsp3) is 0.849. The van der Waals surface area contributed by atoms with Crippen LogP contribution < -0.4 is 5.32 Å². The fourth-order valence-corrected chi connectivity index (χ4v) is 7.66. The lowest BCUT2D eigenvalue weighted by molar-refractivity contribution is -0.143. The number of hydrogen-bond donors (Lipinski definition) is 3. The number of ether oxygens (including phenoxy) is 1. The summed E-state index contributed by atoms with van der Waals surface area (Å²) in [6, 6.07) is -0.648. The van der Waals surface area contributed by atoms with E-state index >= 15 is 0 Å². The van der Waals surface area contributed by atoms with Gasteiger partial charge < -0.3 is 20.3 Å². The Balaban J connectivity index is 3.51. The van der Waals surface area contributed by atoms with Gasteiger partial charge in [0.2, 0.25) is 5.91 Å². The van der Waals surface area contributed by atoms with Crippen molar-refractivity contribution < 1.29 is 24.5 Å². The van der Waals surface area contributed by atoms with Crippen LogP contribution in [0, 0.1) is 0 Å². The molecule has 0 fully saturated rings. The van der Waals surface area contributed by atoms with Gasteiger partial charge in [-0.2, -0.15) is 0 Å². The summed E-state index contributed by atoms with van der Waals surface area (Å²) < 4.78 is 5.46. The molecule has 0 aromatic rings. The highest BCUT2D eigenvalue weighted by Gasteiger charge is 2.18. The zero-order valence-electron chi connectivity index (χ0n) is 39.2. The fourth-order valence-electron chi connectivity index (χ4n) is 7.66. The lowest BCUT2D eigenvalue weighted by Gasteiger charge is -2.20. The summed E-state index contributed by atoms with van der Waals surface area (Å²) in [6.07, 6.45) is 58.5. The summed E-state index contributed by atoms with van der Waals surface area (Å²) >= 11 is 0. The molecule has 0 aliphatic rings. The molecule has 1 amide bonds. The van der Waals surface area contributed by atoms with Crippen molar-refractivity contribution in [3.63, 3.8) is 0 Å². The van der Waals surface area contributed by atoms with Crippen molar-refractivity contribution in [3.05, 3.63) is 36.5 Å². The highest BCUT2D eigenvalue weighted by Crippen LogP contribution is 2.15. The molecule has 0 bridgehead atoms. The van der Waals surface area contributed by atoms with Gasteiger partial charge in [-0.1, -0.05) is 224 Å². The Bertz CT molecular complexity index is 962. The topological polar surface area (TPSA) is 95.9 Å². The van der Waals surface area contributed by atoms with Crippen molar-refractivity contribution in [1.82, 2.24) is 5.32 Å². The maximum Gasteiger partial charge on any atom is 0.305 e. The average Bonchev–Trinajstić information content (AvgIpc) is 3.24. The summed E-state index contributed by atoms with van der Waals surface area (Å²) in [7, 11) is 0. The third kappa shape index (κ3) is 45.4. The molecule has 346 valence electrons. The normalized spacial score (nSPS) is 12.9. The molecule has 0 aliphatic carbocycles. The van der Waals surface area contributed by atoms with Crippen LogP contribution in [0.5, 0.6) is 0 Å². The molecule has 6 heteroatoms. The summed E-state index contributed by atoms with van der Waals surface area (Å²) in [4.78, 5) is 24.5. The number of aliphatic hydroxyl groups excluding tert-OH is 2. The molecule has 0 radical (unpaired) electrons. The van der Waals surface area contributed by atoms with Crippen molar-refractivity contribution in [2.75, 3.05) is 13.2 Å². The van der Waals surface area contributed by atoms with Gasteiger partial charge in [0.25, 0.3) is 0 Å². The van der Waals surface area contributed by atoms with Crippen molar-refractivity contribution in [3.8, 4) is 0 Å². The molecule has 0 rings (SSSR count). The van der Waals surface area contributed by atoms with Crippen LogP contribution in [0.25, 0.3) is 0 Å². The molecule has 2 unspecified atom stereocenters. The van der Waals surface area contributed by atoms with Crippen LogP contribution in [0.1, 0.15) is 264 Å². The molecule has 3 N–H and O–H groups in total. The number of amides is 1. The van der Waals surface area contributed by atoms with Gasteiger partial charge in [0.05, 0.1) is 25.4 Å². The second kappa shape index (κ2) is 48.7. The van der Waals surface area contributed by atoms with Gasteiger partial charge in [-0.15, -0.1) is 0 Å². The predicted molar refractivity (Wildman–Crippen MR) is 255 cm³/mol. The number of unbranched alkanes of at least 4 members (excludes halogenated alkanes) is 32. The quantitative estimate of drug-likeness (QED) is 0.0323. The lowest BCUT2D eigenvalue weighted by Crippen LogP contribution is -2.45. The maximum atomic E-state index is 12.4. The molecule has 0 saturated carbocycles. The SMILES string of the molecule is CCCCC/C=C\C/C=C\CCCCCCCCCCCC(=O)OCCCCCCCCCCCC(=O)NC(CO)C(O)/C=C/CCCCCCCCCCCCCC. The van der Waals surface area contributed by atoms with Crippen LogP contribution in [-0.2, 0) is 14.3 Å². The highest BCUT2D eigenvalue weighted by molar-refractivity contribution is 5.76. The summed E-state index contributed by atoms with van der Waals surface area (Å²) in [5, 5.41) is 23.0. The summed E-state index contributed by atoms with van der Waals surface area (Å²) in [6.45, 7) is 4.81. The number of carbonyl (C=O) groups is 2. The Hall–Kier alpha value is -1.92. The molecule has 0 aliphatic heterocycles. The van der Waals surface area contributed by atoms with Crippen molar-refractivity contribution in [2.45, 2.75) is 276 Å².